The Morgan fingerprint density at radius 3 is 2.24 bits per heavy atom. The Hall–Kier alpha value is -3.35. The molecule has 0 radical (unpaired) electrons. The molecule has 2 aromatic rings. The van der Waals surface area contributed by atoms with Crippen LogP contribution in [0.4, 0.5) is 16.2 Å². The minimum Gasteiger partial charge on any atom is -0.350 e. The molecular formula is C22H26N4O3. The van der Waals surface area contributed by atoms with Crippen molar-refractivity contribution >= 4 is 29.2 Å². The van der Waals surface area contributed by atoms with Crippen molar-refractivity contribution < 1.29 is 14.4 Å². The van der Waals surface area contributed by atoms with Gasteiger partial charge in [-0.15, -0.1) is 0 Å². The van der Waals surface area contributed by atoms with Gasteiger partial charge in [-0.2, -0.15) is 0 Å². The number of amides is 4. The van der Waals surface area contributed by atoms with Crippen LogP contribution in [0.3, 0.4) is 0 Å². The first-order chi connectivity index (χ1) is 13.9. The Bertz CT molecular complexity index is 905. The molecule has 0 aliphatic heterocycles. The Morgan fingerprint density at radius 2 is 1.59 bits per heavy atom. The molecule has 4 amide bonds. The summed E-state index contributed by atoms with van der Waals surface area (Å²) in [4.78, 5) is 35.9. The van der Waals surface area contributed by atoms with E-state index in [-0.39, 0.29) is 23.8 Å². The average Bonchev–Trinajstić information content (AvgIpc) is 3.53. The minimum absolute atomic E-state index is 0.0346. The van der Waals surface area contributed by atoms with E-state index in [0.717, 1.165) is 29.7 Å². The fourth-order valence-electron chi connectivity index (χ4n) is 2.87. The number of benzene rings is 2. The molecule has 4 N–H and O–H groups in total. The predicted molar refractivity (Wildman–Crippen MR) is 113 cm³/mol. The molecule has 152 valence electrons. The first kappa shape index (κ1) is 20.4. The van der Waals surface area contributed by atoms with Crippen LogP contribution in [0.2, 0.25) is 0 Å². The maximum Gasteiger partial charge on any atom is 0.319 e. The van der Waals surface area contributed by atoms with Gasteiger partial charge in [0, 0.05) is 35.9 Å². The summed E-state index contributed by atoms with van der Waals surface area (Å²) in [5.41, 5.74) is 4.06. The van der Waals surface area contributed by atoms with E-state index >= 15 is 0 Å². The van der Waals surface area contributed by atoms with Crippen molar-refractivity contribution in [3.63, 3.8) is 0 Å². The van der Waals surface area contributed by atoms with Crippen LogP contribution in [0.5, 0.6) is 0 Å². The van der Waals surface area contributed by atoms with Gasteiger partial charge in [-0.1, -0.05) is 17.7 Å². The average molecular weight is 394 g/mol. The third-order valence-electron chi connectivity index (χ3n) is 4.69. The monoisotopic (exact) mass is 394 g/mol. The third-order valence-corrected chi connectivity index (χ3v) is 4.69. The smallest absolute Gasteiger partial charge is 0.319 e. The normalized spacial score (nSPS) is 12.8. The lowest BCUT2D eigenvalue weighted by atomic mass is 10.1. The predicted octanol–water partition coefficient (Wildman–Crippen LogP) is 3.20. The van der Waals surface area contributed by atoms with Crippen LogP contribution < -0.4 is 21.3 Å². The van der Waals surface area contributed by atoms with Crippen molar-refractivity contribution in [2.45, 2.75) is 26.7 Å². The van der Waals surface area contributed by atoms with Gasteiger partial charge in [0.25, 0.3) is 5.91 Å². The standard InChI is InChI=1S/C22H26N4O3/c1-14-3-10-19(15(2)13-14)26-22(29)24-12-11-23-20(27)16-6-8-18(9-7-16)25-21(28)17-4-5-17/h3,6-10,13,17H,4-5,11-12H2,1-2H3,(H,23,27)(H,25,28)(H2,24,26,29). The van der Waals surface area contributed by atoms with Gasteiger partial charge in [-0.05, 0) is 62.6 Å². The summed E-state index contributed by atoms with van der Waals surface area (Å²) in [7, 11) is 0. The van der Waals surface area contributed by atoms with Gasteiger partial charge in [0.15, 0.2) is 0 Å². The summed E-state index contributed by atoms with van der Waals surface area (Å²) < 4.78 is 0. The summed E-state index contributed by atoms with van der Waals surface area (Å²) in [6, 6.07) is 12.2. The molecule has 0 spiro atoms. The first-order valence-corrected chi connectivity index (χ1v) is 9.73. The molecule has 1 saturated carbocycles. The number of aryl methyl sites for hydroxylation is 2. The van der Waals surface area contributed by atoms with E-state index in [1.54, 1.807) is 24.3 Å². The summed E-state index contributed by atoms with van der Waals surface area (Å²) in [5, 5.41) is 11.1. The summed E-state index contributed by atoms with van der Waals surface area (Å²) in [6.45, 7) is 4.54. The zero-order valence-electron chi connectivity index (χ0n) is 16.7. The summed E-state index contributed by atoms with van der Waals surface area (Å²) in [6.07, 6.45) is 1.89. The maximum absolute atomic E-state index is 12.2. The second-order valence-corrected chi connectivity index (χ2v) is 7.30. The van der Waals surface area contributed by atoms with Gasteiger partial charge >= 0.3 is 6.03 Å². The van der Waals surface area contributed by atoms with E-state index in [4.69, 9.17) is 0 Å². The summed E-state index contributed by atoms with van der Waals surface area (Å²) >= 11 is 0. The van der Waals surface area contributed by atoms with Crippen LogP contribution in [-0.2, 0) is 4.79 Å². The Labute approximate surface area is 170 Å². The molecule has 0 bridgehead atoms. The van der Waals surface area contributed by atoms with Crippen LogP contribution in [-0.4, -0.2) is 30.9 Å². The van der Waals surface area contributed by atoms with Crippen LogP contribution in [0.1, 0.15) is 34.3 Å². The number of urea groups is 1. The number of anilines is 2. The maximum atomic E-state index is 12.2. The van der Waals surface area contributed by atoms with E-state index in [9.17, 15) is 14.4 Å². The number of nitrogens with one attached hydrogen (secondary N) is 4. The second kappa shape index (κ2) is 9.23. The van der Waals surface area contributed by atoms with Crippen molar-refractivity contribution in [3.8, 4) is 0 Å². The molecule has 7 nitrogen and oxygen atoms in total. The highest BCUT2D eigenvalue weighted by Crippen LogP contribution is 2.30. The molecule has 2 aromatic carbocycles. The molecule has 0 aromatic heterocycles. The van der Waals surface area contributed by atoms with Gasteiger partial charge < -0.3 is 21.3 Å². The highest BCUT2D eigenvalue weighted by molar-refractivity contribution is 5.97. The van der Waals surface area contributed by atoms with Crippen molar-refractivity contribution in [2.24, 2.45) is 5.92 Å². The van der Waals surface area contributed by atoms with Crippen molar-refractivity contribution in [3.05, 3.63) is 59.2 Å². The highest BCUT2D eigenvalue weighted by atomic mass is 16.2. The lowest BCUT2D eigenvalue weighted by Crippen LogP contribution is -2.36. The molecule has 0 heterocycles. The number of hydrogen-bond acceptors (Lipinski definition) is 3. The van der Waals surface area contributed by atoms with Crippen LogP contribution in [0.15, 0.2) is 42.5 Å². The molecule has 29 heavy (non-hydrogen) atoms. The number of carbonyl (C=O) groups excluding carboxylic acids is 3. The SMILES string of the molecule is Cc1ccc(NC(=O)NCCNC(=O)c2ccc(NC(=O)C3CC3)cc2)c(C)c1. The van der Waals surface area contributed by atoms with E-state index in [1.165, 1.54) is 0 Å². The van der Waals surface area contributed by atoms with Gasteiger partial charge in [-0.3, -0.25) is 9.59 Å². The quantitative estimate of drug-likeness (QED) is 0.543. The van der Waals surface area contributed by atoms with Gasteiger partial charge in [-0.25, -0.2) is 4.79 Å². The van der Waals surface area contributed by atoms with Crippen LogP contribution in [0, 0.1) is 19.8 Å². The minimum atomic E-state index is -0.318. The first-order valence-electron chi connectivity index (χ1n) is 9.73. The molecule has 1 fully saturated rings. The Kier molecular flexibility index (Phi) is 6.49. The molecule has 0 saturated heterocycles. The molecule has 7 heteroatoms. The van der Waals surface area contributed by atoms with E-state index in [1.807, 2.05) is 32.0 Å². The molecular weight excluding hydrogens is 368 g/mol. The van der Waals surface area contributed by atoms with Gasteiger partial charge in [0.2, 0.25) is 5.91 Å². The lowest BCUT2D eigenvalue weighted by molar-refractivity contribution is -0.117. The zero-order valence-corrected chi connectivity index (χ0v) is 16.7. The van der Waals surface area contributed by atoms with E-state index < -0.39 is 0 Å². The van der Waals surface area contributed by atoms with Crippen molar-refractivity contribution in [1.29, 1.82) is 0 Å². The van der Waals surface area contributed by atoms with Gasteiger partial charge in [0.1, 0.15) is 0 Å². The zero-order chi connectivity index (χ0) is 20.8. The number of carbonyl (C=O) groups is 3. The summed E-state index contributed by atoms with van der Waals surface area (Å²) in [5.74, 6) is -0.0633. The Morgan fingerprint density at radius 1 is 0.897 bits per heavy atom. The largest absolute Gasteiger partial charge is 0.350 e. The van der Waals surface area contributed by atoms with Crippen molar-refractivity contribution in [2.75, 3.05) is 23.7 Å². The fraction of sp³-hybridized carbons (Fsp3) is 0.318. The van der Waals surface area contributed by atoms with E-state index in [2.05, 4.69) is 21.3 Å². The van der Waals surface area contributed by atoms with Crippen molar-refractivity contribution in [1.82, 2.24) is 10.6 Å². The lowest BCUT2D eigenvalue weighted by Gasteiger charge is -2.11. The molecule has 3 rings (SSSR count). The molecule has 1 aliphatic carbocycles. The number of hydrogen-bond donors (Lipinski definition) is 4. The second-order valence-electron chi connectivity index (χ2n) is 7.30. The van der Waals surface area contributed by atoms with E-state index in [0.29, 0.717) is 24.3 Å². The van der Waals surface area contributed by atoms with Crippen LogP contribution in [0.25, 0.3) is 0 Å². The highest BCUT2D eigenvalue weighted by Gasteiger charge is 2.29. The topological polar surface area (TPSA) is 99.3 Å². The van der Waals surface area contributed by atoms with Gasteiger partial charge in [0.05, 0.1) is 0 Å². The molecule has 1 aliphatic rings. The Balaban J connectivity index is 1.37. The fourth-order valence-corrected chi connectivity index (χ4v) is 2.87. The van der Waals surface area contributed by atoms with Crippen LogP contribution >= 0.6 is 0 Å². The molecule has 0 unspecified atom stereocenters. The third kappa shape index (κ3) is 6.07. The number of rotatable bonds is 7. The molecule has 0 atom stereocenters.